The van der Waals surface area contributed by atoms with Crippen molar-refractivity contribution in [3.8, 4) is 0 Å². The predicted molar refractivity (Wildman–Crippen MR) is 73.4 cm³/mol. The number of esters is 1. The third-order valence-electron chi connectivity index (χ3n) is 2.68. The van der Waals surface area contributed by atoms with Crippen LogP contribution in [0.1, 0.15) is 31.0 Å². The second kappa shape index (κ2) is 6.97. The first-order chi connectivity index (χ1) is 8.54. The van der Waals surface area contributed by atoms with Crippen LogP contribution in [-0.4, -0.2) is 19.6 Å². The first-order valence-corrected chi connectivity index (χ1v) is 6.05. The van der Waals surface area contributed by atoms with Gasteiger partial charge in [-0.15, -0.1) is 0 Å². The lowest BCUT2D eigenvalue weighted by molar-refractivity contribution is -0.143. The average Bonchev–Trinajstić information content (AvgIpc) is 2.35. The fourth-order valence-electron chi connectivity index (χ4n) is 1.59. The Morgan fingerprint density at radius 2 is 1.94 bits per heavy atom. The Labute approximate surface area is 109 Å². The Balaban J connectivity index is 2.81. The molecule has 0 aromatic heterocycles. The lowest BCUT2D eigenvalue weighted by Gasteiger charge is -2.16. The number of hydrogen-bond acceptors (Lipinski definition) is 3. The van der Waals surface area contributed by atoms with Crippen LogP contribution < -0.4 is 5.32 Å². The van der Waals surface area contributed by atoms with Gasteiger partial charge in [-0.05, 0) is 26.3 Å². The van der Waals surface area contributed by atoms with E-state index in [1.165, 1.54) is 18.2 Å². The number of methoxy groups -OCH3 is 1. The number of carbonyl (C=O) groups is 1. The van der Waals surface area contributed by atoms with Crippen molar-refractivity contribution in [3.63, 3.8) is 0 Å². The topological polar surface area (TPSA) is 38.3 Å². The standard InChI is InChI=1S/C15H21NO2/c1-11(2)9-10-16-14(15(17)18-4)13-7-5-12(3)6-8-13/h5-9,14,16H,10H2,1-4H3/t14-/m1/s1. The Morgan fingerprint density at radius 3 is 2.44 bits per heavy atom. The highest BCUT2D eigenvalue weighted by Crippen LogP contribution is 2.15. The van der Waals surface area contributed by atoms with Crippen LogP contribution in [0.3, 0.4) is 0 Å². The maximum absolute atomic E-state index is 11.8. The Bertz CT molecular complexity index is 417. The van der Waals surface area contributed by atoms with Gasteiger partial charge in [-0.1, -0.05) is 41.5 Å². The van der Waals surface area contributed by atoms with Crippen LogP contribution in [0.5, 0.6) is 0 Å². The molecule has 3 nitrogen and oxygen atoms in total. The summed E-state index contributed by atoms with van der Waals surface area (Å²) in [5.41, 5.74) is 3.32. The van der Waals surface area contributed by atoms with Gasteiger partial charge < -0.3 is 4.74 Å². The second-order valence-corrected chi connectivity index (χ2v) is 4.56. The van der Waals surface area contributed by atoms with Gasteiger partial charge in [0.15, 0.2) is 0 Å². The molecular weight excluding hydrogens is 226 g/mol. The van der Waals surface area contributed by atoms with Crippen molar-refractivity contribution in [1.29, 1.82) is 0 Å². The van der Waals surface area contributed by atoms with Gasteiger partial charge in [0, 0.05) is 6.54 Å². The lowest BCUT2D eigenvalue weighted by Crippen LogP contribution is -2.29. The van der Waals surface area contributed by atoms with Crippen molar-refractivity contribution in [2.75, 3.05) is 13.7 Å². The van der Waals surface area contributed by atoms with E-state index in [0.717, 1.165) is 5.56 Å². The van der Waals surface area contributed by atoms with Crippen molar-refractivity contribution in [2.24, 2.45) is 0 Å². The van der Waals surface area contributed by atoms with Crippen molar-refractivity contribution < 1.29 is 9.53 Å². The summed E-state index contributed by atoms with van der Waals surface area (Å²) in [6.45, 7) is 6.73. The lowest BCUT2D eigenvalue weighted by atomic mass is 10.1. The Kier molecular flexibility index (Phi) is 5.59. The zero-order chi connectivity index (χ0) is 13.5. The molecule has 0 spiro atoms. The second-order valence-electron chi connectivity index (χ2n) is 4.56. The molecule has 1 atom stereocenters. The van der Waals surface area contributed by atoms with Gasteiger partial charge >= 0.3 is 5.97 Å². The summed E-state index contributed by atoms with van der Waals surface area (Å²) in [6.07, 6.45) is 2.05. The van der Waals surface area contributed by atoms with E-state index in [0.29, 0.717) is 6.54 Å². The van der Waals surface area contributed by atoms with Gasteiger partial charge in [-0.25, -0.2) is 4.79 Å². The van der Waals surface area contributed by atoms with Crippen LogP contribution in [0, 0.1) is 6.92 Å². The van der Waals surface area contributed by atoms with E-state index in [1.807, 2.05) is 51.1 Å². The number of benzene rings is 1. The number of hydrogen-bond donors (Lipinski definition) is 1. The minimum Gasteiger partial charge on any atom is -0.468 e. The van der Waals surface area contributed by atoms with Crippen LogP contribution in [0.25, 0.3) is 0 Å². The number of nitrogens with one attached hydrogen (secondary N) is 1. The summed E-state index contributed by atoms with van der Waals surface area (Å²) in [6, 6.07) is 7.48. The van der Waals surface area contributed by atoms with E-state index in [2.05, 4.69) is 5.32 Å². The van der Waals surface area contributed by atoms with E-state index >= 15 is 0 Å². The number of aryl methyl sites for hydroxylation is 1. The maximum Gasteiger partial charge on any atom is 0.327 e. The minimum absolute atomic E-state index is 0.263. The SMILES string of the molecule is COC(=O)[C@H](NCC=C(C)C)c1ccc(C)cc1. The van der Waals surface area contributed by atoms with Crippen LogP contribution >= 0.6 is 0 Å². The summed E-state index contributed by atoms with van der Waals surface area (Å²) >= 11 is 0. The molecule has 0 unspecified atom stereocenters. The zero-order valence-corrected chi connectivity index (χ0v) is 11.5. The van der Waals surface area contributed by atoms with Crippen LogP contribution in [0.2, 0.25) is 0 Å². The number of ether oxygens (including phenoxy) is 1. The third kappa shape index (κ3) is 4.34. The maximum atomic E-state index is 11.8. The fourth-order valence-corrected chi connectivity index (χ4v) is 1.59. The van der Waals surface area contributed by atoms with Crippen molar-refractivity contribution in [2.45, 2.75) is 26.8 Å². The number of carbonyl (C=O) groups excluding carboxylic acids is 1. The van der Waals surface area contributed by atoms with E-state index in [9.17, 15) is 4.79 Å². The molecule has 1 rings (SSSR count). The smallest absolute Gasteiger partial charge is 0.327 e. The summed E-state index contributed by atoms with van der Waals surface area (Å²) in [5.74, 6) is -0.263. The van der Waals surface area contributed by atoms with E-state index in [4.69, 9.17) is 4.74 Å². The Morgan fingerprint density at radius 1 is 1.33 bits per heavy atom. The average molecular weight is 247 g/mol. The molecule has 1 N–H and O–H groups in total. The molecular formula is C15H21NO2. The van der Waals surface area contributed by atoms with Gasteiger partial charge in [0.2, 0.25) is 0 Å². The van der Waals surface area contributed by atoms with Crippen LogP contribution in [-0.2, 0) is 9.53 Å². The molecule has 0 aliphatic heterocycles. The minimum atomic E-state index is -0.411. The fraction of sp³-hybridized carbons (Fsp3) is 0.400. The van der Waals surface area contributed by atoms with Gasteiger partial charge in [0.25, 0.3) is 0 Å². The highest BCUT2D eigenvalue weighted by atomic mass is 16.5. The number of rotatable bonds is 5. The third-order valence-corrected chi connectivity index (χ3v) is 2.68. The van der Waals surface area contributed by atoms with Crippen molar-refractivity contribution in [1.82, 2.24) is 5.32 Å². The first kappa shape index (κ1) is 14.5. The molecule has 0 radical (unpaired) electrons. The van der Waals surface area contributed by atoms with E-state index in [-0.39, 0.29) is 5.97 Å². The normalized spacial score (nSPS) is 11.8. The molecule has 1 aromatic rings. The molecule has 0 saturated carbocycles. The van der Waals surface area contributed by atoms with Crippen molar-refractivity contribution >= 4 is 5.97 Å². The number of allylic oxidation sites excluding steroid dienone is 1. The molecule has 98 valence electrons. The van der Waals surface area contributed by atoms with Crippen LogP contribution in [0.4, 0.5) is 0 Å². The van der Waals surface area contributed by atoms with Gasteiger partial charge in [-0.3, -0.25) is 5.32 Å². The summed E-state index contributed by atoms with van der Waals surface area (Å²) in [4.78, 5) is 11.8. The largest absolute Gasteiger partial charge is 0.468 e. The van der Waals surface area contributed by atoms with E-state index < -0.39 is 6.04 Å². The summed E-state index contributed by atoms with van der Waals surface area (Å²) in [5, 5.41) is 3.19. The quantitative estimate of drug-likeness (QED) is 0.642. The van der Waals surface area contributed by atoms with Gasteiger partial charge in [-0.2, -0.15) is 0 Å². The first-order valence-electron chi connectivity index (χ1n) is 6.05. The molecule has 0 aliphatic carbocycles. The molecule has 0 saturated heterocycles. The zero-order valence-electron chi connectivity index (χ0n) is 11.5. The Hall–Kier alpha value is -1.61. The molecule has 0 heterocycles. The molecule has 1 aromatic carbocycles. The summed E-state index contributed by atoms with van der Waals surface area (Å²) in [7, 11) is 1.41. The highest BCUT2D eigenvalue weighted by molar-refractivity contribution is 5.77. The summed E-state index contributed by atoms with van der Waals surface area (Å²) < 4.78 is 4.83. The van der Waals surface area contributed by atoms with E-state index in [1.54, 1.807) is 0 Å². The molecule has 18 heavy (non-hydrogen) atoms. The van der Waals surface area contributed by atoms with Gasteiger partial charge in [0.05, 0.1) is 7.11 Å². The molecule has 0 amide bonds. The molecule has 0 bridgehead atoms. The molecule has 0 aliphatic rings. The molecule has 3 heteroatoms. The van der Waals surface area contributed by atoms with Crippen LogP contribution in [0.15, 0.2) is 35.9 Å². The van der Waals surface area contributed by atoms with Gasteiger partial charge in [0.1, 0.15) is 6.04 Å². The van der Waals surface area contributed by atoms with Crippen molar-refractivity contribution in [3.05, 3.63) is 47.0 Å². The monoisotopic (exact) mass is 247 g/mol. The highest BCUT2D eigenvalue weighted by Gasteiger charge is 2.19. The predicted octanol–water partition coefficient (Wildman–Crippen LogP) is 2.76. The molecule has 0 fully saturated rings.